The van der Waals surface area contributed by atoms with Gasteiger partial charge in [-0.3, -0.25) is 4.79 Å². The summed E-state index contributed by atoms with van der Waals surface area (Å²) in [5.41, 5.74) is 6.10. The lowest BCUT2D eigenvalue weighted by atomic mass is 9.94. The fourth-order valence-corrected chi connectivity index (χ4v) is 2.33. The van der Waals surface area contributed by atoms with Crippen molar-refractivity contribution in [1.29, 1.82) is 0 Å². The van der Waals surface area contributed by atoms with Gasteiger partial charge in [-0.1, -0.05) is 37.1 Å². The van der Waals surface area contributed by atoms with E-state index in [4.69, 9.17) is 17.3 Å². The third kappa shape index (κ3) is 5.29. The molecule has 0 bridgehead atoms. The number of carbonyl (C=O) groups excluding carboxylic acids is 1. The van der Waals surface area contributed by atoms with Crippen molar-refractivity contribution in [3.8, 4) is 0 Å². The maximum atomic E-state index is 13.2. The molecule has 0 saturated heterocycles. The lowest BCUT2D eigenvalue weighted by Crippen LogP contribution is -2.11. The first-order chi connectivity index (χ1) is 9.08. The monoisotopic (exact) mass is 285 g/mol. The Bertz CT molecular complexity index is 423. The summed E-state index contributed by atoms with van der Waals surface area (Å²) < 4.78 is 13.2. The number of ketones is 1. The lowest BCUT2D eigenvalue weighted by Gasteiger charge is -2.12. The van der Waals surface area contributed by atoms with Gasteiger partial charge < -0.3 is 5.73 Å². The number of hydrogen-bond donors (Lipinski definition) is 1. The number of nitrogens with two attached hydrogens (primary N) is 1. The molecule has 0 aliphatic carbocycles. The Morgan fingerprint density at radius 1 is 1.42 bits per heavy atom. The van der Waals surface area contributed by atoms with Crippen LogP contribution in [-0.2, 0) is 11.2 Å². The van der Waals surface area contributed by atoms with Crippen LogP contribution in [0.2, 0.25) is 5.02 Å². The number of carbonyl (C=O) groups is 1. The molecule has 1 aromatic carbocycles. The fraction of sp³-hybridized carbons (Fsp3) is 0.533. The van der Waals surface area contributed by atoms with Gasteiger partial charge >= 0.3 is 0 Å². The molecule has 0 aliphatic heterocycles. The van der Waals surface area contributed by atoms with E-state index in [9.17, 15) is 9.18 Å². The van der Waals surface area contributed by atoms with Crippen LogP contribution in [0.5, 0.6) is 0 Å². The van der Waals surface area contributed by atoms with Gasteiger partial charge in [-0.05, 0) is 36.9 Å². The zero-order valence-electron chi connectivity index (χ0n) is 11.3. The molecule has 0 amide bonds. The SMILES string of the molecule is CCC(CCN)CCC(=O)Cc1cccc(F)c1Cl. The van der Waals surface area contributed by atoms with Crippen molar-refractivity contribution < 1.29 is 9.18 Å². The molecular formula is C15H21ClFNO. The molecule has 0 aliphatic rings. The molecule has 4 heteroatoms. The van der Waals surface area contributed by atoms with Crippen molar-refractivity contribution >= 4 is 17.4 Å². The van der Waals surface area contributed by atoms with Crippen molar-refractivity contribution in [1.82, 2.24) is 0 Å². The van der Waals surface area contributed by atoms with Crippen LogP contribution in [0.1, 0.15) is 38.2 Å². The van der Waals surface area contributed by atoms with E-state index in [2.05, 4.69) is 6.92 Å². The van der Waals surface area contributed by atoms with E-state index < -0.39 is 5.82 Å². The van der Waals surface area contributed by atoms with Crippen LogP contribution in [0.3, 0.4) is 0 Å². The van der Waals surface area contributed by atoms with E-state index in [1.54, 1.807) is 12.1 Å². The van der Waals surface area contributed by atoms with Gasteiger partial charge in [0, 0.05) is 12.8 Å². The van der Waals surface area contributed by atoms with E-state index in [1.165, 1.54) is 6.07 Å². The largest absolute Gasteiger partial charge is 0.330 e. The van der Waals surface area contributed by atoms with E-state index in [0.717, 1.165) is 19.3 Å². The molecule has 2 nitrogen and oxygen atoms in total. The molecule has 0 spiro atoms. The van der Waals surface area contributed by atoms with Crippen molar-refractivity contribution in [3.63, 3.8) is 0 Å². The van der Waals surface area contributed by atoms with Crippen LogP contribution in [0, 0.1) is 11.7 Å². The predicted molar refractivity (Wildman–Crippen MR) is 76.8 cm³/mol. The van der Waals surface area contributed by atoms with Crippen LogP contribution in [0.15, 0.2) is 18.2 Å². The second-order valence-electron chi connectivity index (χ2n) is 4.82. The first-order valence-electron chi connectivity index (χ1n) is 6.73. The minimum absolute atomic E-state index is 0.0600. The average molecular weight is 286 g/mol. The third-order valence-corrected chi connectivity index (χ3v) is 3.83. The number of Topliss-reactive ketones (excluding diaryl/α,β-unsaturated/α-hetero) is 1. The molecule has 1 rings (SSSR count). The molecule has 1 aromatic rings. The molecule has 0 saturated carbocycles. The zero-order valence-corrected chi connectivity index (χ0v) is 12.0. The summed E-state index contributed by atoms with van der Waals surface area (Å²) in [6, 6.07) is 4.57. The molecule has 2 N–H and O–H groups in total. The third-order valence-electron chi connectivity index (χ3n) is 3.40. The summed E-state index contributed by atoms with van der Waals surface area (Å²) in [5.74, 6) is 0.126. The van der Waals surface area contributed by atoms with Crippen molar-refractivity contribution in [3.05, 3.63) is 34.6 Å². The number of benzene rings is 1. The van der Waals surface area contributed by atoms with Crippen LogP contribution in [0.25, 0.3) is 0 Å². The molecule has 0 fully saturated rings. The summed E-state index contributed by atoms with van der Waals surface area (Å²) in [7, 11) is 0. The molecule has 0 heterocycles. The molecule has 1 unspecified atom stereocenters. The Balaban J connectivity index is 2.49. The van der Waals surface area contributed by atoms with Gasteiger partial charge in [-0.25, -0.2) is 4.39 Å². The summed E-state index contributed by atoms with van der Waals surface area (Å²) in [6.07, 6.45) is 3.54. The Kier molecular flexibility index (Phi) is 7.03. The summed E-state index contributed by atoms with van der Waals surface area (Å²) in [6.45, 7) is 2.76. The highest BCUT2D eigenvalue weighted by atomic mass is 35.5. The number of hydrogen-bond acceptors (Lipinski definition) is 2. The first-order valence-corrected chi connectivity index (χ1v) is 7.10. The average Bonchev–Trinajstić information content (AvgIpc) is 2.40. The summed E-state index contributed by atoms with van der Waals surface area (Å²) >= 11 is 5.83. The molecule has 19 heavy (non-hydrogen) atoms. The van der Waals surface area contributed by atoms with Crippen LogP contribution in [-0.4, -0.2) is 12.3 Å². The maximum Gasteiger partial charge on any atom is 0.142 e. The topological polar surface area (TPSA) is 43.1 Å². The Hall–Kier alpha value is -0.930. The number of rotatable bonds is 8. The van der Waals surface area contributed by atoms with E-state index in [-0.39, 0.29) is 17.2 Å². The molecule has 1 atom stereocenters. The maximum absolute atomic E-state index is 13.2. The van der Waals surface area contributed by atoms with Crippen molar-refractivity contribution in [2.45, 2.75) is 39.0 Å². The second-order valence-corrected chi connectivity index (χ2v) is 5.20. The Morgan fingerprint density at radius 2 is 2.16 bits per heavy atom. The fourth-order valence-electron chi connectivity index (χ4n) is 2.14. The van der Waals surface area contributed by atoms with Gasteiger partial charge in [-0.2, -0.15) is 0 Å². The first kappa shape index (κ1) is 16.1. The molecule has 0 aromatic heterocycles. The Labute approximate surface area is 119 Å². The van der Waals surface area contributed by atoms with Gasteiger partial charge in [0.05, 0.1) is 5.02 Å². The molecule has 106 valence electrons. The molecule has 0 radical (unpaired) electrons. The normalized spacial score (nSPS) is 12.4. The summed E-state index contributed by atoms with van der Waals surface area (Å²) in [4.78, 5) is 11.9. The zero-order chi connectivity index (χ0) is 14.3. The quantitative estimate of drug-likeness (QED) is 0.790. The minimum atomic E-state index is -0.471. The second kappa shape index (κ2) is 8.28. The van der Waals surface area contributed by atoms with Gasteiger partial charge in [0.1, 0.15) is 11.6 Å². The van der Waals surface area contributed by atoms with E-state index in [0.29, 0.717) is 24.4 Å². The smallest absolute Gasteiger partial charge is 0.142 e. The van der Waals surface area contributed by atoms with E-state index in [1.807, 2.05) is 0 Å². The highest BCUT2D eigenvalue weighted by molar-refractivity contribution is 6.31. The highest BCUT2D eigenvalue weighted by Gasteiger charge is 2.12. The van der Waals surface area contributed by atoms with Gasteiger partial charge in [0.15, 0.2) is 0 Å². The van der Waals surface area contributed by atoms with Gasteiger partial charge in [0.25, 0.3) is 0 Å². The Morgan fingerprint density at radius 3 is 2.79 bits per heavy atom. The van der Waals surface area contributed by atoms with Crippen LogP contribution < -0.4 is 5.73 Å². The van der Waals surface area contributed by atoms with Crippen molar-refractivity contribution in [2.24, 2.45) is 11.7 Å². The van der Waals surface area contributed by atoms with E-state index >= 15 is 0 Å². The van der Waals surface area contributed by atoms with Crippen LogP contribution in [0.4, 0.5) is 4.39 Å². The van der Waals surface area contributed by atoms with Gasteiger partial charge in [-0.15, -0.1) is 0 Å². The highest BCUT2D eigenvalue weighted by Crippen LogP contribution is 2.21. The standard InChI is InChI=1S/C15H21ClFNO/c1-2-11(8-9-18)6-7-13(19)10-12-4-3-5-14(17)15(12)16/h3-5,11H,2,6-10,18H2,1H3. The lowest BCUT2D eigenvalue weighted by molar-refractivity contribution is -0.118. The van der Waals surface area contributed by atoms with Gasteiger partial charge in [0.2, 0.25) is 0 Å². The van der Waals surface area contributed by atoms with Crippen LogP contribution >= 0.6 is 11.6 Å². The number of halogens is 2. The minimum Gasteiger partial charge on any atom is -0.330 e. The predicted octanol–water partition coefficient (Wildman–Crippen LogP) is 3.75. The van der Waals surface area contributed by atoms with Crippen molar-refractivity contribution in [2.75, 3.05) is 6.54 Å². The summed E-state index contributed by atoms with van der Waals surface area (Å²) in [5, 5.41) is 0.0600. The molecular weight excluding hydrogens is 265 g/mol.